The fraction of sp³-hybridized carbons (Fsp3) is 0.500. The maximum Gasteiger partial charge on any atom is 0.171 e. The van der Waals surface area contributed by atoms with Crippen LogP contribution < -0.4 is 10.1 Å². The van der Waals surface area contributed by atoms with Crippen molar-refractivity contribution < 1.29 is 4.74 Å². The largest absolute Gasteiger partial charge is 0.486 e. The molecule has 1 fully saturated rings. The van der Waals surface area contributed by atoms with Crippen molar-refractivity contribution in [3.05, 3.63) is 23.5 Å². The minimum absolute atomic E-state index is 0.144. The molecule has 2 atom stereocenters. The van der Waals surface area contributed by atoms with Crippen molar-refractivity contribution in [2.75, 3.05) is 6.54 Å². The molecule has 1 aromatic heterocycles. The Balaban J connectivity index is 1.99. The lowest BCUT2D eigenvalue weighted by Crippen LogP contribution is -2.51. The highest BCUT2D eigenvalue weighted by Crippen LogP contribution is 2.23. The van der Waals surface area contributed by atoms with Gasteiger partial charge in [0.1, 0.15) is 6.10 Å². The molecule has 1 aliphatic heterocycles. The number of ether oxygens (including phenoxy) is 1. The van der Waals surface area contributed by atoms with Gasteiger partial charge in [0.25, 0.3) is 0 Å². The van der Waals surface area contributed by atoms with Gasteiger partial charge in [-0.3, -0.25) is 0 Å². The molecule has 14 heavy (non-hydrogen) atoms. The summed E-state index contributed by atoms with van der Waals surface area (Å²) in [6, 6.07) is 4.11. The summed E-state index contributed by atoms with van der Waals surface area (Å²) in [4.78, 5) is 3.96. The van der Waals surface area contributed by atoms with E-state index in [1.165, 1.54) is 6.42 Å². The number of pyridine rings is 1. The van der Waals surface area contributed by atoms with Crippen LogP contribution in [0.3, 0.4) is 0 Å². The number of rotatable bonds is 3. The van der Waals surface area contributed by atoms with Crippen molar-refractivity contribution in [3.8, 4) is 5.75 Å². The molecular formula is C10H13ClN2O. The quantitative estimate of drug-likeness (QED) is 0.777. The fourth-order valence-electron chi connectivity index (χ4n) is 1.45. The SMILES string of the molecule is CC(Oc1cccnc1Cl)[C@@H]1CCN1. The highest BCUT2D eigenvalue weighted by atomic mass is 35.5. The van der Waals surface area contributed by atoms with Crippen molar-refractivity contribution in [2.24, 2.45) is 0 Å². The zero-order valence-corrected chi connectivity index (χ0v) is 8.79. The van der Waals surface area contributed by atoms with E-state index in [1.54, 1.807) is 6.20 Å². The maximum atomic E-state index is 5.88. The zero-order valence-electron chi connectivity index (χ0n) is 8.03. The first-order chi connectivity index (χ1) is 6.77. The van der Waals surface area contributed by atoms with Crippen LogP contribution in [0.5, 0.6) is 5.75 Å². The van der Waals surface area contributed by atoms with Crippen LogP contribution in [0.1, 0.15) is 13.3 Å². The van der Waals surface area contributed by atoms with Gasteiger partial charge in [0, 0.05) is 12.2 Å². The van der Waals surface area contributed by atoms with Crippen LogP contribution in [0, 0.1) is 0 Å². The van der Waals surface area contributed by atoms with E-state index in [1.807, 2.05) is 19.1 Å². The standard InChI is InChI=1S/C10H13ClN2O/c1-7(8-4-6-12-8)14-9-3-2-5-13-10(9)11/h2-3,5,7-8,12H,4,6H2,1H3/t7?,8-/m0/s1. The van der Waals surface area contributed by atoms with Crippen molar-refractivity contribution in [1.29, 1.82) is 0 Å². The van der Waals surface area contributed by atoms with Gasteiger partial charge in [0.15, 0.2) is 10.9 Å². The first-order valence-corrected chi connectivity index (χ1v) is 5.16. The van der Waals surface area contributed by atoms with E-state index in [-0.39, 0.29) is 6.10 Å². The summed E-state index contributed by atoms with van der Waals surface area (Å²) < 4.78 is 5.69. The molecule has 1 saturated heterocycles. The molecule has 4 heteroatoms. The van der Waals surface area contributed by atoms with E-state index in [4.69, 9.17) is 16.3 Å². The van der Waals surface area contributed by atoms with Crippen LogP contribution in [0.15, 0.2) is 18.3 Å². The molecule has 1 aromatic rings. The zero-order chi connectivity index (χ0) is 9.97. The summed E-state index contributed by atoms with van der Waals surface area (Å²) in [6.45, 7) is 3.12. The second-order valence-corrected chi connectivity index (χ2v) is 3.82. The topological polar surface area (TPSA) is 34.1 Å². The summed E-state index contributed by atoms with van der Waals surface area (Å²) in [5.74, 6) is 0.662. The lowest BCUT2D eigenvalue weighted by atomic mass is 10.0. The van der Waals surface area contributed by atoms with Crippen molar-refractivity contribution in [1.82, 2.24) is 10.3 Å². The number of nitrogens with one attached hydrogen (secondary N) is 1. The Labute approximate surface area is 88.4 Å². The molecule has 0 aliphatic carbocycles. The summed E-state index contributed by atoms with van der Waals surface area (Å²) in [5.41, 5.74) is 0. The normalized spacial score (nSPS) is 22.6. The van der Waals surface area contributed by atoms with Crippen LogP contribution in [0.4, 0.5) is 0 Å². The molecule has 1 N–H and O–H groups in total. The van der Waals surface area contributed by atoms with E-state index in [9.17, 15) is 0 Å². The molecule has 76 valence electrons. The van der Waals surface area contributed by atoms with E-state index >= 15 is 0 Å². The second-order valence-electron chi connectivity index (χ2n) is 3.46. The molecular weight excluding hydrogens is 200 g/mol. The second kappa shape index (κ2) is 4.15. The summed E-state index contributed by atoms with van der Waals surface area (Å²) >= 11 is 5.88. The average Bonchev–Trinajstić information content (AvgIpc) is 2.05. The van der Waals surface area contributed by atoms with Gasteiger partial charge in [-0.05, 0) is 32.0 Å². The first kappa shape index (κ1) is 9.74. The van der Waals surface area contributed by atoms with Crippen molar-refractivity contribution >= 4 is 11.6 Å². The number of hydrogen-bond donors (Lipinski definition) is 1. The third-order valence-corrected chi connectivity index (χ3v) is 2.75. The lowest BCUT2D eigenvalue weighted by molar-refractivity contribution is 0.133. The van der Waals surface area contributed by atoms with Gasteiger partial charge in [0.2, 0.25) is 0 Å². The Kier molecular flexibility index (Phi) is 2.89. The Bertz CT molecular complexity index is 315. The van der Waals surface area contributed by atoms with Crippen LogP contribution >= 0.6 is 11.6 Å². The minimum atomic E-state index is 0.144. The molecule has 0 saturated carbocycles. The minimum Gasteiger partial charge on any atom is -0.486 e. The molecule has 0 amide bonds. The van der Waals surface area contributed by atoms with E-state index in [0.717, 1.165) is 6.54 Å². The third-order valence-electron chi connectivity index (χ3n) is 2.47. The van der Waals surface area contributed by atoms with Crippen LogP contribution in [0.2, 0.25) is 5.15 Å². The monoisotopic (exact) mass is 212 g/mol. The van der Waals surface area contributed by atoms with Crippen molar-refractivity contribution in [2.45, 2.75) is 25.5 Å². The molecule has 2 heterocycles. The maximum absolute atomic E-state index is 5.88. The molecule has 3 nitrogen and oxygen atoms in total. The molecule has 2 rings (SSSR count). The highest BCUT2D eigenvalue weighted by Gasteiger charge is 2.24. The van der Waals surface area contributed by atoms with Gasteiger partial charge in [-0.2, -0.15) is 0 Å². The molecule has 1 aliphatic rings. The van der Waals surface area contributed by atoms with Gasteiger partial charge in [-0.15, -0.1) is 0 Å². The van der Waals surface area contributed by atoms with Gasteiger partial charge < -0.3 is 10.1 Å². The van der Waals surface area contributed by atoms with Crippen LogP contribution in [-0.4, -0.2) is 23.7 Å². The fourth-order valence-corrected chi connectivity index (χ4v) is 1.62. The summed E-state index contributed by atoms with van der Waals surface area (Å²) in [6.07, 6.45) is 2.96. The number of hydrogen-bond acceptors (Lipinski definition) is 3. The number of halogens is 1. The Morgan fingerprint density at radius 1 is 1.71 bits per heavy atom. The lowest BCUT2D eigenvalue weighted by Gasteiger charge is -2.33. The van der Waals surface area contributed by atoms with Crippen LogP contribution in [-0.2, 0) is 0 Å². The average molecular weight is 213 g/mol. The molecule has 0 radical (unpaired) electrons. The summed E-state index contributed by atoms with van der Waals surface area (Å²) in [5, 5.41) is 3.73. The molecule has 0 bridgehead atoms. The number of aromatic nitrogens is 1. The van der Waals surface area contributed by atoms with Gasteiger partial charge >= 0.3 is 0 Å². The Morgan fingerprint density at radius 3 is 3.07 bits per heavy atom. The van der Waals surface area contributed by atoms with E-state index in [0.29, 0.717) is 16.9 Å². The summed E-state index contributed by atoms with van der Waals surface area (Å²) in [7, 11) is 0. The predicted octanol–water partition coefficient (Wildman–Crippen LogP) is 1.86. The smallest absolute Gasteiger partial charge is 0.171 e. The van der Waals surface area contributed by atoms with Crippen LogP contribution in [0.25, 0.3) is 0 Å². The van der Waals surface area contributed by atoms with E-state index < -0.39 is 0 Å². The van der Waals surface area contributed by atoms with Crippen molar-refractivity contribution in [3.63, 3.8) is 0 Å². The molecule has 1 unspecified atom stereocenters. The Morgan fingerprint density at radius 2 is 2.50 bits per heavy atom. The highest BCUT2D eigenvalue weighted by molar-refractivity contribution is 6.30. The van der Waals surface area contributed by atoms with Gasteiger partial charge in [-0.25, -0.2) is 4.98 Å². The molecule has 0 aromatic carbocycles. The van der Waals surface area contributed by atoms with E-state index in [2.05, 4.69) is 10.3 Å². The third kappa shape index (κ3) is 1.99. The van der Waals surface area contributed by atoms with Gasteiger partial charge in [0.05, 0.1) is 0 Å². The predicted molar refractivity (Wildman–Crippen MR) is 55.7 cm³/mol. The first-order valence-electron chi connectivity index (χ1n) is 4.78. The van der Waals surface area contributed by atoms with Gasteiger partial charge in [-0.1, -0.05) is 11.6 Å². The molecule has 0 spiro atoms. The number of nitrogens with zero attached hydrogens (tertiary/aromatic N) is 1. The Hall–Kier alpha value is -0.800.